The molecule has 0 radical (unpaired) electrons. The number of sulfonamides is 1. The number of thiocarbonyl (C=S) groups is 1. The Morgan fingerprint density at radius 3 is 2.40 bits per heavy atom. The average Bonchev–Trinajstić information content (AvgIpc) is 2.37. The maximum Gasteiger partial charge on any atom is 0.211 e. The van der Waals surface area contributed by atoms with Gasteiger partial charge in [0.2, 0.25) is 10.0 Å². The van der Waals surface area contributed by atoms with Crippen molar-refractivity contribution in [3.05, 3.63) is 23.4 Å². The fourth-order valence-corrected chi connectivity index (χ4v) is 3.15. The van der Waals surface area contributed by atoms with Gasteiger partial charge < -0.3 is 10.6 Å². The van der Waals surface area contributed by atoms with E-state index in [0.717, 1.165) is 17.1 Å². The van der Waals surface area contributed by atoms with Crippen molar-refractivity contribution in [3.8, 4) is 0 Å². The number of piperazine rings is 1. The number of nitrogens with two attached hydrogens (primary N) is 1. The summed E-state index contributed by atoms with van der Waals surface area (Å²) in [6, 6.07) is 3.70. The number of anilines is 1. The minimum absolute atomic E-state index is 0.339. The monoisotopic (exact) mass is 314 g/mol. The van der Waals surface area contributed by atoms with Crippen LogP contribution < -0.4 is 10.6 Å². The summed E-state index contributed by atoms with van der Waals surface area (Å²) < 4.78 is 24.5. The second kappa shape index (κ2) is 5.63. The molecule has 0 saturated carbocycles. The van der Waals surface area contributed by atoms with Crippen LogP contribution in [0.15, 0.2) is 12.1 Å². The fourth-order valence-electron chi connectivity index (χ4n) is 2.20. The van der Waals surface area contributed by atoms with E-state index < -0.39 is 10.0 Å². The Hall–Kier alpha value is -1.25. The molecule has 1 fully saturated rings. The van der Waals surface area contributed by atoms with Crippen LogP contribution in [-0.2, 0) is 10.0 Å². The number of aromatic nitrogens is 1. The molecule has 8 heteroatoms. The average molecular weight is 314 g/mol. The van der Waals surface area contributed by atoms with Gasteiger partial charge in [-0.15, -0.1) is 0 Å². The Kier molecular flexibility index (Phi) is 4.26. The quantitative estimate of drug-likeness (QED) is 0.798. The van der Waals surface area contributed by atoms with Gasteiger partial charge in [-0.05, 0) is 19.1 Å². The molecule has 0 aliphatic carbocycles. The van der Waals surface area contributed by atoms with Crippen LogP contribution >= 0.6 is 12.2 Å². The third-order valence-corrected chi connectivity index (χ3v) is 4.79. The molecule has 2 rings (SSSR count). The van der Waals surface area contributed by atoms with Gasteiger partial charge in [0.15, 0.2) is 0 Å². The lowest BCUT2D eigenvalue weighted by Crippen LogP contribution is -2.48. The van der Waals surface area contributed by atoms with Gasteiger partial charge >= 0.3 is 0 Å². The van der Waals surface area contributed by atoms with E-state index in [1.165, 1.54) is 10.6 Å². The molecule has 0 spiro atoms. The predicted octanol–water partition coefficient (Wildman–Crippen LogP) is 0.106. The second-order valence-electron chi connectivity index (χ2n) is 4.87. The standard InChI is InChI=1S/C12H18N4O2S2/c1-9-7-10(12(13)19)8-11(14-9)15-3-5-16(6-4-15)20(2,17)18/h7-8H,3-6H2,1-2H3,(H2,13,19). The Labute approximate surface area is 124 Å². The lowest BCUT2D eigenvalue weighted by atomic mass is 10.2. The predicted molar refractivity (Wildman–Crippen MR) is 83.5 cm³/mol. The number of hydrogen-bond acceptors (Lipinski definition) is 5. The first-order chi connectivity index (χ1) is 9.27. The SMILES string of the molecule is Cc1cc(C(N)=S)cc(N2CCN(S(C)(=O)=O)CC2)n1. The molecule has 1 aliphatic heterocycles. The summed E-state index contributed by atoms with van der Waals surface area (Å²) in [6.07, 6.45) is 1.23. The number of pyridine rings is 1. The van der Waals surface area contributed by atoms with Crippen molar-refractivity contribution < 1.29 is 8.42 Å². The number of nitrogens with zero attached hydrogens (tertiary/aromatic N) is 3. The first-order valence-corrected chi connectivity index (χ1v) is 8.51. The summed E-state index contributed by atoms with van der Waals surface area (Å²) in [5.41, 5.74) is 7.29. The highest BCUT2D eigenvalue weighted by Gasteiger charge is 2.24. The van der Waals surface area contributed by atoms with Crippen molar-refractivity contribution in [1.29, 1.82) is 0 Å². The second-order valence-corrected chi connectivity index (χ2v) is 7.29. The maximum absolute atomic E-state index is 11.5. The van der Waals surface area contributed by atoms with Crippen LogP contribution in [0.5, 0.6) is 0 Å². The molecule has 1 saturated heterocycles. The summed E-state index contributed by atoms with van der Waals surface area (Å²) in [5.74, 6) is 0.793. The Morgan fingerprint density at radius 2 is 1.90 bits per heavy atom. The molecule has 1 aromatic heterocycles. The Bertz CT molecular complexity index is 622. The fraction of sp³-hybridized carbons (Fsp3) is 0.500. The lowest BCUT2D eigenvalue weighted by molar-refractivity contribution is 0.387. The zero-order valence-corrected chi connectivity index (χ0v) is 13.2. The third-order valence-electron chi connectivity index (χ3n) is 3.26. The first kappa shape index (κ1) is 15.1. The van der Waals surface area contributed by atoms with Crippen LogP contribution in [0.25, 0.3) is 0 Å². The van der Waals surface area contributed by atoms with Gasteiger partial charge in [0.25, 0.3) is 0 Å². The Morgan fingerprint density at radius 1 is 1.30 bits per heavy atom. The van der Waals surface area contributed by atoms with E-state index in [1.807, 2.05) is 19.1 Å². The molecular weight excluding hydrogens is 296 g/mol. The number of hydrogen-bond donors (Lipinski definition) is 1. The summed E-state index contributed by atoms with van der Waals surface area (Å²) in [6.45, 7) is 4.05. The van der Waals surface area contributed by atoms with Crippen LogP contribution in [0, 0.1) is 6.92 Å². The van der Waals surface area contributed by atoms with Crippen molar-refractivity contribution in [1.82, 2.24) is 9.29 Å². The van der Waals surface area contributed by atoms with Crippen molar-refractivity contribution in [2.24, 2.45) is 5.73 Å². The highest BCUT2D eigenvalue weighted by molar-refractivity contribution is 7.88. The molecule has 1 aliphatic rings. The van der Waals surface area contributed by atoms with Crippen LogP contribution in [-0.4, -0.2) is 55.1 Å². The van der Waals surface area contributed by atoms with E-state index in [1.54, 1.807) is 0 Å². The van der Waals surface area contributed by atoms with E-state index in [9.17, 15) is 8.42 Å². The van der Waals surface area contributed by atoms with Crippen molar-refractivity contribution in [2.45, 2.75) is 6.92 Å². The molecule has 0 aromatic carbocycles. The number of rotatable bonds is 3. The molecule has 2 N–H and O–H groups in total. The molecule has 0 amide bonds. The van der Waals surface area contributed by atoms with Gasteiger partial charge in [-0.1, -0.05) is 12.2 Å². The van der Waals surface area contributed by atoms with Crippen molar-refractivity contribution in [3.63, 3.8) is 0 Å². The largest absolute Gasteiger partial charge is 0.389 e. The Balaban J connectivity index is 2.17. The molecule has 6 nitrogen and oxygen atoms in total. The zero-order valence-electron chi connectivity index (χ0n) is 11.5. The summed E-state index contributed by atoms with van der Waals surface area (Å²) in [4.78, 5) is 6.86. The van der Waals surface area contributed by atoms with E-state index in [2.05, 4.69) is 9.88 Å². The zero-order chi connectivity index (χ0) is 14.9. The smallest absolute Gasteiger partial charge is 0.211 e. The highest BCUT2D eigenvalue weighted by atomic mass is 32.2. The van der Waals surface area contributed by atoms with Crippen LogP contribution in [0.3, 0.4) is 0 Å². The topological polar surface area (TPSA) is 79.5 Å². The van der Waals surface area contributed by atoms with Gasteiger partial charge in [0.1, 0.15) is 10.8 Å². The van der Waals surface area contributed by atoms with Crippen LogP contribution in [0.1, 0.15) is 11.3 Å². The molecule has 110 valence electrons. The molecule has 0 bridgehead atoms. The maximum atomic E-state index is 11.5. The van der Waals surface area contributed by atoms with Gasteiger partial charge in [0.05, 0.1) is 6.26 Å². The molecule has 1 aromatic rings. The van der Waals surface area contributed by atoms with E-state index in [0.29, 0.717) is 31.2 Å². The molecule has 0 atom stereocenters. The lowest BCUT2D eigenvalue weighted by Gasteiger charge is -2.34. The van der Waals surface area contributed by atoms with Gasteiger partial charge in [-0.25, -0.2) is 13.4 Å². The highest BCUT2D eigenvalue weighted by Crippen LogP contribution is 2.18. The van der Waals surface area contributed by atoms with Crippen molar-refractivity contribution >= 4 is 33.0 Å². The minimum Gasteiger partial charge on any atom is -0.389 e. The molecule has 20 heavy (non-hydrogen) atoms. The van der Waals surface area contributed by atoms with Crippen LogP contribution in [0.2, 0.25) is 0 Å². The normalized spacial score (nSPS) is 17.2. The molecule has 0 unspecified atom stereocenters. The van der Waals surface area contributed by atoms with E-state index in [4.69, 9.17) is 18.0 Å². The van der Waals surface area contributed by atoms with E-state index >= 15 is 0 Å². The number of aryl methyl sites for hydroxylation is 1. The molecular formula is C12H18N4O2S2. The summed E-state index contributed by atoms with van der Waals surface area (Å²) in [5, 5.41) is 0. The van der Waals surface area contributed by atoms with E-state index in [-0.39, 0.29) is 0 Å². The van der Waals surface area contributed by atoms with Gasteiger partial charge in [-0.3, -0.25) is 0 Å². The first-order valence-electron chi connectivity index (χ1n) is 6.26. The summed E-state index contributed by atoms with van der Waals surface area (Å²) in [7, 11) is -3.12. The van der Waals surface area contributed by atoms with Crippen molar-refractivity contribution in [2.75, 3.05) is 37.3 Å². The van der Waals surface area contributed by atoms with Gasteiger partial charge in [-0.2, -0.15) is 4.31 Å². The van der Waals surface area contributed by atoms with Gasteiger partial charge in [0, 0.05) is 37.4 Å². The molecule has 2 heterocycles. The minimum atomic E-state index is -3.12. The third kappa shape index (κ3) is 3.44. The summed E-state index contributed by atoms with van der Waals surface area (Å²) >= 11 is 4.99. The van der Waals surface area contributed by atoms with Crippen LogP contribution in [0.4, 0.5) is 5.82 Å².